The van der Waals surface area contributed by atoms with Gasteiger partial charge in [0.05, 0.1) is 11.0 Å². The summed E-state index contributed by atoms with van der Waals surface area (Å²) in [6.45, 7) is 0. The topological polar surface area (TPSA) is 184 Å². The Morgan fingerprint density at radius 1 is 0.361 bits per heavy atom. The van der Waals surface area contributed by atoms with Crippen LogP contribution in [0.25, 0.3) is 21.8 Å². The Labute approximate surface area is 460 Å². The first-order valence-electron chi connectivity index (χ1n) is 20.5. The molecule has 0 spiro atoms. The van der Waals surface area contributed by atoms with Crippen molar-refractivity contribution in [1.29, 1.82) is 0 Å². The number of esters is 6. The fourth-order valence-corrected chi connectivity index (χ4v) is 7.22. The van der Waals surface area contributed by atoms with Crippen molar-refractivity contribution in [3.63, 3.8) is 0 Å². The van der Waals surface area contributed by atoms with Gasteiger partial charge in [0.1, 0.15) is 54.0 Å². The standard InChI is InChI=1S/3C13H9FO4S.C12H8N2.Eu/c3*14-9-3-5-10(6-4-9)17-11(15)8-12(16)18-13-2-1-7-19-13;1-3-9-5-6-10-4-2-8-14-12(10)11(9)13-7-1;/h3*1-7H,8H2;1-8H;. The van der Waals surface area contributed by atoms with Gasteiger partial charge in [0, 0.05) is 72.5 Å². The Morgan fingerprint density at radius 3 is 0.903 bits per heavy atom. The number of nitrogens with zero attached hydrogens (tertiary/aromatic N) is 2. The summed E-state index contributed by atoms with van der Waals surface area (Å²) in [7, 11) is 0. The molecular formula is C51H35EuF3N2O12S3. The van der Waals surface area contributed by atoms with Crippen molar-refractivity contribution < 1.29 is 120 Å². The van der Waals surface area contributed by atoms with Crippen LogP contribution < -0.4 is 28.4 Å². The second kappa shape index (κ2) is 29.4. The normalized spacial score (nSPS) is 9.99. The van der Waals surface area contributed by atoms with Crippen LogP contribution >= 0.6 is 34.0 Å². The smallest absolute Gasteiger partial charge is 0.323 e. The van der Waals surface area contributed by atoms with Gasteiger partial charge in [-0.05, 0) is 137 Å². The van der Waals surface area contributed by atoms with E-state index in [1.165, 1.54) is 70.4 Å². The number of carbonyl (C=O) groups excluding carboxylic acids is 6. The van der Waals surface area contributed by atoms with E-state index >= 15 is 0 Å². The molecule has 0 atom stereocenters. The summed E-state index contributed by atoms with van der Waals surface area (Å²) < 4.78 is 67.2. The largest absolute Gasteiger partial charge is 0.426 e. The molecule has 367 valence electrons. The molecule has 9 rings (SSSR count). The maximum atomic E-state index is 12.6. The van der Waals surface area contributed by atoms with Crippen LogP contribution in [0.3, 0.4) is 0 Å². The number of halogens is 3. The fourth-order valence-electron chi connectivity index (χ4n) is 5.45. The van der Waals surface area contributed by atoms with Crippen LogP contribution in [0.1, 0.15) is 19.3 Å². The van der Waals surface area contributed by atoms with Crippen LogP contribution in [-0.2, 0) is 28.8 Å². The Balaban J connectivity index is 0.000000178. The van der Waals surface area contributed by atoms with E-state index in [1.54, 1.807) is 64.9 Å². The van der Waals surface area contributed by atoms with E-state index in [0.29, 0.717) is 15.2 Å². The summed E-state index contributed by atoms with van der Waals surface area (Å²) in [6, 6.07) is 37.0. The number of ether oxygens (including phenoxy) is 6. The first-order chi connectivity index (χ1) is 34.3. The van der Waals surface area contributed by atoms with Gasteiger partial charge in [-0.3, -0.25) is 38.7 Å². The summed E-state index contributed by atoms with van der Waals surface area (Å²) in [4.78, 5) is 77.1. The average Bonchev–Trinajstić information content (AvgIpc) is 4.18. The maximum absolute atomic E-state index is 12.6. The molecule has 1 radical (unpaired) electrons. The van der Waals surface area contributed by atoms with Crippen molar-refractivity contribution in [3.05, 3.63) is 192 Å². The number of carbonyl (C=O) groups is 6. The van der Waals surface area contributed by atoms with E-state index in [9.17, 15) is 41.9 Å². The molecule has 9 aromatic rings. The molecule has 0 amide bonds. The molecule has 5 heterocycles. The zero-order chi connectivity index (χ0) is 50.4. The molecule has 0 unspecified atom stereocenters. The minimum atomic E-state index is -0.756. The monoisotopic (exact) mass is 1170 g/mol. The molecule has 0 saturated heterocycles. The molecule has 0 saturated carbocycles. The first-order valence-corrected chi connectivity index (χ1v) is 23.2. The molecule has 0 aliphatic heterocycles. The van der Waals surface area contributed by atoms with Crippen molar-refractivity contribution in [2.24, 2.45) is 0 Å². The van der Waals surface area contributed by atoms with Gasteiger partial charge in [-0.1, -0.05) is 24.3 Å². The van der Waals surface area contributed by atoms with Crippen LogP contribution in [-0.4, -0.2) is 45.8 Å². The summed E-state index contributed by atoms with van der Waals surface area (Å²) in [5.74, 6) is -5.14. The molecular weight excluding hydrogens is 1140 g/mol. The van der Waals surface area contributed by atoms with E-state index < -0.39 is 72.5 Å². The van der Waals surface area contributed by atoms with Gasteiger partial charge >= 0.3 is 35.8 Å². The Kier molecular flexibility index (Phi) is 22.8. The van der Waals surface area contributed by atoms with E-state index in [-0.39, 0.29) is 66.6 Å². The minimum absolute atomic E-state index is 0. The molecule has 0 N–H and O–H groups in total. The Hall–Kier alpha value is -7.01. The number of thiophene rings is 3. The Morgan fingerprint density at radius 2 is 0.639 bits per heavy atom. The van der Waals surface area contributed by atoms with Crippen LogP contribution in [0.2, 0.25) is 0 Å². The number of aromatic nitrogens is 2. The third-order valence-electron chi connectivity index (χ3n) is 8.48. The van der Waals surface area contributed by atoms with E-state index in [4.69, 9.17) is 28.4 Å². The Bertz CT molecular complexity index is 2860. The number of rotatable bonds is 12. The van der Waals surface area contributed by atoms with Gasteiger partial charge in [0.15, 0.2) is 15.2 Å². The molecule has 0 fully saturated rings. The van der Waals surface area contributed by atoms with Gasteiger partial charge in [-0.2, -0.15) is 0 Å². The molecule has 4 aromatic carbocycles. The van der Waals surface area contributed by atoms with Crippen LogP contribution in [0.15, 0.2) is 174 Å². The quantitative estimate of drug-likeness (QED) is 0.0487. The number of hydrogen-bond acceptors (Lipinski definition) is 17. The van der Waals surface area contributed by atoms with Gasteiger partial charge in [0.2, 0.25) is 0 Å². The van der Waals surface area contributed by atoms with Crippen LogP contribution in [0.4, 0.5) is 13.2 Å². The zero-order valence-electron chi connectivity index (χ0n) is 36.9. The van der Waals surface area contributed by atoms with Gasteiger partial charge in [-0.15, -0.1) is 34.0 Å². The summed E-state index contributed by atoms with van der Waals surface area (Å²) >= 11 is 3.74. The number of fused-ring (bicyclic) bond motifs is 3. The molecule has 14 nitrogen and oxygen atoms in total. The molecule has 5 aromatic heterocycles. The van der Waals surface area contributed by atoms with Crippen LogP contribution in [0, 0.1) is 66.8 Å². The number of benzene rings is 4. The average molecular weight is 1170 g/mol. The molecule has 0 aliphatic carbocycles. The predicted octanol–water partition coefficient (Wildman–Crippen LogP) is 11.1. The van der Waals surface area contributed by atoms with Crippen molar-refractivity contribution in [2.75, 3.05) is 0 Å². The molecule has 0 bridgehead atoms. The SMILES string of the molecule is O=C(CC(=O)Oc1cccs1)Oc1ccc(F)cc1.O=C(CC(=O)Oc1cccs1)Oc1ccc(F)cc1.O=C(CC(=O)Oc1cccs1)Oc1ccc(F)cc1.[Eu].c1cnc2c(c1)ccc1cccnc12. The van der Waals surface area contributed by atoms with Crippen molar-refractivity contribution in [1.82, 2.24) is 9.97 Å². The molecule has 21 heteroatoms. The van der Waals surface area contributed by atoms with Gasteiger partial charge < -0.3 is 28.4 Å². The van der Waals surface area contributed by atoms with E-state index in [2.05, 4.69) is 34.2 Å². The summed E-state index contributed by atoms with van der Waals surface area (Å²) in [5, 5.41) is 8.77. The third kappa shape index (κ3) is 19.7. The second-order valence-electron chi connectivity index (χ2n) is 13.7. The van der Waals surface area contributed by atoms with Crippen molar-refractivity contribution in [2.45, 2.75) is 19.3 Å². The van der Waals surface area contributed by atoms with Crippen molar-refractivity contribution in [3.8, 4) is 32.4 Å². The predicted molar refractivity (Wildman–Crippen MR) is 257 cm³/mol. The minimum Gasteiger partial charge on any atom is -0.426 e. The van der Waals surface area contributed by atoms with Crippen LogP contribution in [0.5, 0.6) is 32.4 Å². The molecule has 72 heavy (non-hydrogen) atoms. The maximum Gasteiger partial charge on any atom is 0.323 e. The number of hydrogen-bond donors (Lipinski definition) is 0. The first kappa shape index (κ1) is 55.9. The van der Waals surface area contributed by atoms with Crippen molar-refractivity contribution >= 4 is 91.6 Å². The fraction of sp³-hybridized carbons (Fsp3) is 0.0588. The van der Waals surface area contributed by atoms with Gasteiger partial charge in [0.25, 0.3) is 0 Å². The third-order valence-corrected chi connectivity index (χ3v) is 10.7. The zero-order valence-corrected chi connectivity index (χ0v) is 41.8. The molecule has 0 aliphatic rings. The summed E-state index contributed by atoms with van der Waals surface area (Å²) in [5.41, 5.74) is 1.95. The summed E-state index contributed by atoms with van der Waals surface area (Å²) in [6.07, 6.45) is 2.09. The second-order valence-corrected chi connectivity index (χ2v) is 16.5. The van der Waals surface area contributed by atoms with E-state index in [1.807, 2.05) is 12.1 Å². The van der Waals surface area contributed by atoms with E-state index in [0.717, 1.165) is 58.2 Å². The number of pyridine rings is 2. The van der Waals surface area contributed by atoms with Gasteiger partial charge in [-0.25, -0.2) is 13.2 Å².